The molecular formula is C12H24N2O. The van der Waals surface area contributed by atoms with Gasteiger partial charge in [0.2, 0.25) is 0 Å². The fraction of sp³-hybridized carbons (Fsp3) is 1.00. The highest BCUT2D eigenvalue weighted by atomic mass is 16.5. The molecule has 1 unspecified atom stereocenters. The third kappa shape index (κ3) is 2.05. The SMILES string of the molecule is CNCC1(C2CCOCC2)CCCN1C. The van der Waals surface area contributed by atoms with Crippen molar-refractivity contribution in [2.24, 2.45) is 5.92 Å². The molecule has 0 spiro atoms. The summed E-state index contributed by atoms with van der Waals surface area (Å²) >= 11 is 0. The van der Waals surface area contributed by atoms with Gasteiger partial charge in [-0.15, -0.1) is 0 Å². The molecule has 1 atom stereocenters. The van der Waals surface area contributed by atoms with Crippen LogP contribution in [0.2, 0.25) is 0 Å². The molecular weight excluding hydrogens is 188 g/mol. The Morgan fingerprint density at radius 2 is 2.13 bits per heavy atom. The Morgan fingerprint density at radius 1 is 1.40 bits per heavy atom. The zero-order chi connectivity index (χ0) is 10.7. The molecule has 2 aliphatic rings. The van der Waals surface area contributed by atoms with E-state index in [2.05, 4.69) is 24.3 Å². The maximum Gasteiger partial charge on any atom is 0.0469 e. The van der Waals surface area contributed by atoms with Crippen LogP contribution in [0.5, 0.6) is 0 Å². The molecule has 1 N–H and O–H groups in total. The minimum absolute atomic E-state index is 0.415. The lowest BCUT2D eigenvalue weighted by Gasteiger charge is -2.44. The van der Waals surface area contributed by atoms with Gasteiger partial charge in [0.25, 0.3) is 0 Å². The first-order chi connectivity index (χ1) is 7.29. The second-order valence-electron chi connectivity index (χ2n) is 5.05. The van der Waals surface area contributed by atoms with Crippen LogP contribution in [0.15, 0.2) is 0 Å². The molecule has 2 heterocycles. The molecule has 0 radical (unpaired) electrons. The van der Waals surface area contributed by atoms with Gasteiger partial charge in [0.05, 0.1) is 0 Å². The molecule has 0 aromatic heterocycles. The summed E-state index contributed by atoms with van der Waals surface area (Å²) in [6.07, 6.45) is 5.20. The fourth-order valence-electron chi connectivity index (χ4n) is 3.46. The minimum atomic E-state index is 0.415. The van der Waals surface area contributed by atoms with E-state index in [1.807, 2.05) is 0 Å². The van der Waals surface area contributed by atoms with Gasteiger partial charge in [-0.3, -0.25) is 4.90 Å². The van der Waals surface area contributed by atoms with Crippen LogP contribution < -0.4 is 5.32 Å². The zero-order valence-corrected chi connectivity index (χ0v) is 10.1. The van der Waals surface area contributed by atoms with Gasteiger partial charge >= 0.3 is 0 Å². The lowest BCUT2D eigenvalue weighted by atomic mass is 9.77. The zero-order valence-electron chi connectivity index (χ0n) is 10.1. The van der Waals surface area contributed by atoms with Gasteiger partial charge in [0.1, 0.15) is 0 Å². The fourth-order valence-corrected chi connectivity index (χ4v) is 3.46. The van der Waals surface area contributed by atoms with Crippen LogP contribution in [0.25, 0.3) is 0 Å². The molecule has 3 heteroatoms. The summed E-state index contributed by atoms with van der Waals surface area (Å²) < 4.78 is 5.48. The van der Waals surface area contributed by atoms with E-state index in [0.29, 0.717) is 5.54 Å². The van der Waals surface area contributed by atoms with Crippen LogP contribution in [0.4, 0.5) is 0 Å². The molecule has 2 aliphatic heterocycles. The normalized spacial score (nSPS) is 34.8. The molecule has 0 saturated carbocycles. The Labute approximate surface area is 93.2 Å². The molecule has 0 aliphatic carbocycles. The number of likely N-dealkylation sites (tertiary alicyclic amines) is 1. The summed E-state index contributed by atoms with van der Waals surface area (Å²) in [5.74, 6) is 0.825. The average Bonchev–Trinajstić information content (AvgIpc) is 2.63. The minimum Gasteiger partial charge on any atom is -0.381 e. The highest BCUT2D eigenvalue weighted by Gasteiger charge is 2.44. The van der Waals surface area contributed by atoms with Gasteiger partial charge in [-0.2, -0.15) is 0 Å². The summed E-state index contributed by atoms with van der Waals surface area (Å²) in [6.45, 7) is 4.32. The quantitative estimate of drug-likeness (QED) is 0.758. The van der Waals surface area contributed by atoms with E-state index in [9.17, 15) is 0 Å². The molecule has 2 fully saturated rings. The summed E-state index contributed by atoms with van der Waals surface area (Å²) in [7, 11) is 4.37. The highest BCUT2D eigenvalue weighted by Crippen LogP contribution is 2.39. The number of nitrogens with one attached hydrogen (secondary N) is 1. The van der Waals surface area contributed by atoms with E-state index < -0.39 is 0 Å². The average molecular weight is 212 g/mol. The standard InChI is InChI=1S/C12H24N2O/c1-13-10-12(6-3-7-14(12)2)11-4-8-15-9-5-11/h11,13H,3-10H2,1-2H3. The van der Waals surface area contributed by atoms with Crippen molar-refractivity contribution in [3.05, 3.63) is 0 Å². The Morgan fingerprint density at radius 3 is 2.67 bits per heavy atom. The molecule has 0 bridgehead atoms. The number of hydrogen-bond acceptors (Lipinski definition) is 3. The van der Waals surface area contributed by atoms with Crippen molar-refractivity contribution in [1.82, 2.24) is 10.2 Å². The number of nitrogens with zero attached hydrogens (tertiary/aromatic N) is 1. The summed E-state index contributed by atoms with van der Waals surface area (Å²) in [6, 6.07) is 0. The number of hydrogen-bond donors (Lipinski definition) is 1. The van der Waals surface area contributed by atoms with Crippen molar-refractivity contribution >= 4 is 0 Å². The number of likely N-dealkylation sites (N-methyl/N-ethyl adjacent to an activating group) is 2. The monoisotopic (exact) mass is 212 g/mol. The van der Waals surface area contributed by atoms with Gasteiger partial charge in [0.15, 0.2) is 0 Å². The van der Waals surface area contributed by atoms with E-state index in [1.165, 1.54) is 32.2 Å². The van der Waals surface area contributed by atoms with E-state index in [0.717, 1.165) is 25.7 Å². The first kappa shape index (κ1) is 11.4. The molecule has 0 aromatic carbocycles. The van der Waals surface area contributed by atoms with Gasteiger partial charge in [-0.1, -0.05) is 0 Å². The molecule has 15 heavy (non-hydrogen) atoms. The molecule has 2 saturated heterocycles. The molecule has 3 nitrogen and oxygen atoms in total. The predicted octanol–water partition coefficient (Wildman–Crippen LogP) is 1.10. The molecule has 0 aromatic rings. The smallest absolute Gasteiger partial charge is 0.0469 e. The second kappa shape index (κ2) is 4.81. The van der Waals surface area contributed by atoms with E-state index in [-0.39, 0.29) is 0 Å². The number of rotatable bonds is 3. The van der Waals surface area contributed by atoms with Crippen LogP contribution in [-0.2, 0) is 4.74 Å². The van der Waals surface area contributed by atoms with Crippen molar-refractivity contribution in [1.29, 1.82) is 0 Å². The first-order valence-electron chi connectivity index (χ1n) is 6.23. The van der Waals surface area contributed by atoms with Crippen molar-refractivity contribution in [3.63, 3.8) is 0 Å². The lowest BCUT2D eigenvalue weighted by molar-refractivity contribution is -0.00109. The van der Waals surface area contributed by atoms with E-state index in [4.69, 9.17) is 4.74 Å². The highest BCUT2D eigenvalue weighted by molar-refractivity contribution is 5.01. The van der Waals surface area contributed by atoms with Crippen LogP contribution in [0.1, 0.15) is 25.7 Å². The molecule has 0 amide bonds. The third-order valence-corrected chi connectivity index (χ3v) is 4.33. The maximum atomic E-state index is 5.48. The summed E-state index contributed by atoms with van der Waals surface area (Å²) in [5, 5.41) is 3.40. The van der Waals surface area contributed by atoms with Crippen LogP contribution in [0, 0.1) is 5.92 Å². The van der Waals surface area contributed by atoms with Crippen molar-refractivity contribution in [2.45, 2.75) is 31.2 Å². The third-order valence-electron chi connectivity index (χ3n) is 4.33. The molecule has 2 rings (SSSR count). The maximum absolute atomic E-state index is 5.48. The van der Waals surface area contributed by atoms with Gasteiger partial charge in [-0.25, -0.2) is 0 Å². The van der Waals surface area contributed by atoms with Crippen LogP contribution in [0.3, 0.4) is 0 Å². The van der Waals surface area contributed by atoms with Crippen molar-refractivity contribution in [3.8, 4) is 0 Å². The Bertz CT molecular complexity index is 204. The van der Waals surface area contributed by atoms with Crippen LogP contribution >= 0.6 is 0 Å². The van der Waals surface area contributed by atoms with Crippen molar-refractivity contribution < 1.29 is 4.74 Å². The Balaban J connectivity index is 2.09. The Kier molecular flexibility index (Phi) is 3.65. The van der Waals surface area contributed by atoms with Gasteiger partial charge < -0.3 is 10.1 Å². The topological polar surface area (TPSA) is 24.5 Å². The lowest BCUT2D eigenvalue weighted by Crippen LogP contribution is -2.55. The van der Waals surface area contributed by atoms with E-state index >= 15 is 0 Å². The molecule has 88 valence electrons. The predicted molar refractivity (Wildman–Crippen MR) is 62.1 cm³/mol. The van der Waals surface area contributed by atoms with Crippen LogP contribution in [-0.4, -0.2) is 50.8 Å². The summed E-state index contributed by atoms with van der Waals surface area (Å²) in [4.78, 5) is 2.58. The summed E-state index contributed by atoms with van der Waals surface area (Å²) in [5.41, 5.74) is 0.415. The first-order valence-corrected chi connectivity index (χ1v) is 6.23. The van der Waals surface area contributed by atoms with E-state index in [1.54, 1.807) is 0 Å². The Hall–Kier alpha value is -0.120. The van der Waals surface area contributed by atoms with Gasteiger partial charge in [0, 0.05) is 25.3 Å². The van der Waals surface area contributed by atoms with Crippen molar-refractivity contribution in [2.75, 3.05) is 40.4 Å². The number of ether oxygens (including phenoxy) is 1. The van der Waals surface area contributed by atoms with Gasteiger partial charge in [-0.05, 0) is 52.2 Å². The largest absolute Gasteiger partial charge is 0.381 e. The second-order valence-corrected chi connectivity index (χ2v) is 5.05.